The number of hydrogen-bond acceptors (Lipinski definition) is 4. The fraction of sp³-hybridized carbons (Fsp3) is 1.00. The Hall–Kier alpha value is -0.160. The summed E-state index contributed by atoms with van der Waals surface area (Å²) >= 11 is 0. The van der Waals surface area contributed by atoms with Crippen LogP contribution >= 0.6 is 0 Å². The highest BCUT2D eigenvalue weighted by molar-refractivity contribution is 4.95. The number of nitrogens with two attached hydrogens (primary N) is 1. The van der Waals surface area contributed by atoms with Crippen molar-refractivity contribution in [3.8, 4) is 0 Å². The number of aliphatic hydroxyl groups excluding tert-OH is 1. The van der Waals surface area contributed by atoms with Crippen molar-refractivity contribution in [1.29, 1.82) is 0 Å². The SMILES string of the molecule is CC(C)OCCOCCC1CCCC1(N)CO. The molecule has 2 atom stereocenters. The van der Waals surface area contributed by atoms with E-state index < -0.39 is 0 Å². The van der Waals surface area contributed by atoms with Crippen LogP contribution in [0.25, 0.3) is 0 Å². The van der Waals surface area contributed by atoms with Crippen LogP contribution in [0.5, 0.6) is 0 Å². The smallest absolute Gasteiger partial charge is 0.0703 e. The third-order valence-corrected chi connectivity index (χ3v) is 3.59. The normalized spacial score (nSPS) is 29.1. The van der Waals surface area contributed by atoms with E-state index in [4.69, 9.17) is 15.2 Å². The minimum absolute atomic E-state index is 0.0914. The molecule has 4 nitrogen and oxygen atoms in total. The molecule has 3 N–H and O–H groups in total. The fourth-order valence-electron chi connectivity index (χ4n) is 2.48. The lowest BCUT2D eigenvalue weighted by Crippen LogP contribution is -2.47. The molecule has 2 unspecified atom stereocenters. The Labute approximate surface area is 104 Å². The molecule has 0 aliphatic heterocycles. The monoisotopic (exact) mass is 245 g/mol. The van der Waals surface area contributed by atoms with Gasteiger partial charge in [-0.05, 0) is 39.0 Å². The summed E-state index contributed by atoms with van der Waals surface area (Å²) in [5, 5.41) is 9.31. The van der Waals surface area contributed by atoms with Crippen LogP contribution in [-0.4, -0.2) is 43.2 Å². The van der Waals surface area contributed by atoms with Crippen molar-refractivity contribution < 1.29 is 14.6 Å². The molecular weight excluding hydrogens is 218 g/mol. The molecule has 0 aromatic heterocycles. The maximum absolute atomic E-state index is 9.31. The molecule has 4 heteroatoms. The number of hydrogen-bond donors (Lipinski definition) is 2. The predicted octanol–water partition coefficient (Wildman–Crippen LogP) is 1.31. The first kappa shape index (κ1) is 14.9. The summed E-state index contributed by atoms with van der Waals surface area (Å²) in [6, 6.07) is 0. The molecule has 1 aliphatic carbocycles. The molecule has 0 heterocycles. The molecular formula is C13H27NO3. The van der Waals surface area contributed by atoms with Crippen molar-refractivity contribution in [1.82, 2.24) is 0 Å². The van der Waals surface area contributed by atoms with E-state index in [-0.39, 0.29) is 18.2 Å². The molecule has 0 radical (unpaired) electrons. The predicted molar refractivity (Wildman–Crippen MR) is 67.9 cm³/mol. The number of ether oxygens (including phenoxy) is 2. The quantitative estimate of drug-likeness (QED) is 0.633. The van der Waals surface area contributed by atoms with Crippen molar-refractivity contribution in [3.63, 3.8) is 0 Å². The first-order valence-corrected chi connectivity index (χ1v) is 6.67. The summed E-state index contributed by atoms with van der Waals surface area (Å²) < 4.78 is 10.9. The second-order valence-corrected chi connectivity index (χ2v) is 5.30. The molecule has 1 aliphatic rings. The van der Waals surface area contributed by atoms with Crippen molar-refractivity contribution in [3.05, 3.63) is 0 Å². The van der Waals surface area contributed by atoms with E-state index in [0.717, 1.165) is 25.7 Å². The number of rotatable bonds is 8. The van der Waals surface area contributed by atoms with Gasteiger partial charge in [0.15, 0.2) is 0 Å². The highest BCUT2D eigenvalue weighted by atomic mass is 16.5. The largest absolute Gasteiger partial charge is 0.394 e. The van der Waals surface area contributed by atoms with E-state index in [1.807, 2.05) is 13.8 Å². The topological polar surface area (TPSA) is 64.7 Å². The lowest BCUT2D eigenvalue weighted by molar-refractivity contribution is 0.0135. The van der Waals surface area contributed by atoms with Crippen LogP contribution in [0.1, 0.15) is 39.5 Å². The molecule has 1 rings (SSSR count). The fourth-order valence-corrected chi connectivity index (χ4v) is 2.48. The highest BCUT2D eigenvalue weighted by Gasteiger charge is 2.38. The molecule has 0 spiro atoms. The Morgan fingerprint density at radius 2 is 2.12 bits per heavy atom. The van der Waals surface area contributed by atoms with Crippen LogP contribution in [0, 0.1) is 5.92 Å². The zero-order valence-electron chi connectivity index (χ0n) is 11.2. The Kier molecular flexibility index (Phi) is 6.41. The van der Waals surface area contributed by atoms with Gasteiger partial charge in [0, 0.05) is 12.1 Å². The lowest BCUT2D eigenvalue weighted by Gasteiger charge is -2.29. The summed E-state index contributed by atoms with van der Waals surface area (Å²) in [5.74, 6) is 0.401. The third-order valence-electron chi connectivity index (χ3n) is 3.59. The molecule has 0 aromatic carbocycles. The van der Waals surface area contributed by atoms with E-state index in [1.54, 1.807) is 0 Å². The zero-order valence-corrected chi connectivity index (χ0v) is 11.2. The van der Waals surface area contributed by atoms with E-state index in [9.17, 15) is 5.11 Å². The van der Waals surface area contributed by atoms with Gasteiger partial charge in [0.05, 0.1) is 25.9 Å². The van der Waals surface area contributed by atoms with Crippen LogP contribution in [0.4, 0.5) is 0 Å². The van der Waals surface area contributed by atoms with E-state index >= 15 is 0 Å². The van der Waals surface area contributed by atoms with Gasteiger partial charge in [0.25, 0.3) is 0 Å². The Morgan fingerprint density at radius 1 is 1.35 bits per heavy atom. The van der Waals surface area contributed by atoms with E-state index in [2.05, 4.69) is 0 Å². The Morgan fingerprint density at radius 3 is 2.76 bits per heavy atom. The van der Waals surface area contributed by atoms with Gasteiger partial charge in [-0.25, -0.2) is 0 Å². The maximum atomic E-state index is 9.31. The molecule has 0 saturated heterocycles. The molecule has 0 amide bonds. The molecule has 0 aromatic rings. The van der Waals surface area contributed by atoms with Crippen LogP contribution in [0.3, 0.4) is 0 Å². The zero-order chi connectivity index (χ0) is 12.7. The van der Waals surface area contributed by atoms with Crippen LogP contribution in [0.15, 0.2) is 0 Å². The van der Waals surface area contributed by atoms with Gasteiger partial charge in [-0.1, -0.05) is 6.42 Å². The molecule has 0 bridgehead atoms. The summed E-state index contributed by atoms with van der Waals surface area (Å²) in [4.78, 5) is 0. The minimum atomic E-state index is -0.363. The van der Waals surface area contributed by atoms with E-state index in [1.165, 1.54) is 0 Å². The summed E-state index contributed by atoms with van der Waals surface area (Å²) in [7, 11) is 0. The molecule has 1 fully saturated rings. The van der Waals surface area contributed by atoms with Gasteiger partial charge >= 0.3 is 0 Å². The van der Waals surface area contributed by atoms with Crippen LogP contribution < -0.4 is 5.73 Å². The van der Waals surface area contributed by atoms with Crippen LogP contribution in [-0.2, 0) is 9.47 Å². The molecule has 17 heavy (non-hydrogen) atoms. The second-order valence-electron chi connectivity index (χ2n) is 5.30. The van der Waals surface area contributed by atoms with Crippen molar-refractivity contribution in [2.45, 2.75) is 51.2 Å². The van der Waals surface area contributed by atoms with Crippen molar-refractivity contribution in [2.75, 3.05) is 26.4 Å². The standard InChI is InChI=1S/C13H27NO3/c1-11(2)17-9-8-16-7-5-12-4-3-6-13(12,14)10-15/h11-12,15H,3-10,14H2,1-2H3. The van der Waals surface area contributed by atoms with Gasteiger partial charge in [-0.2, -0.15) is 0 Å². The van der Waals surface area contributed by atoms with E-state index in [0.29, 0.717) is 25.7 Å². The van der Waals surface area contributed by atoms with Gasteiger partial charge in [0.2, 0.25) is 0 Å². The van der Waals surface area contributed by atoms with Gasteiger partial charge in [-0.3, -0.25) is 0 Å². The number of aliphatic hydroxyl groups is 1. The van der Waals surface area contributed by atoms with Crippen molar-refractivity contribution >= 4 is 0 Å². The lowest BCUT2D eigenvalue weighted by atomic mass is 9.87. The minimum Gasteiger partial charge on any atom is -0.394 e. The average Bonchev–Trinajstić information content (AvgIpc) is 2.66. The second kappa shape index (κ2) is 7.31. The summed E-state index contributed by atoms with van der Waals surface area (Å²) in [6.45, 7) is 6.13. The third kappa shape index (κ3) is 4.92. The Bertz CT molecular complexity index is 211. The maximum Gasteiger partial charge on any atom is 0.0703 e. The van der Waals surface area contributed by atoms with Gasteiger partial charge in [-0.15, -0.1) is 0 Å². The van der Waals surface area contributed by atoms with Crippen molar-refractivity contribution in [2.24, 2.45) is 11.7 Å². The average molecular weight is 245 g/mol. The first-order valence-electron chi connectivity index (χ1n) is 6.67. The van der Waals surface area contributed by atoms with Gasteiger partial charge < -0.3 is 20.3 Å². The van der Waals surface area contributed by atoms with Crippen LogP contribution in [0.2, 0.25) is 0 Å². The first-order chi connectivity index (χ1) is 8.08. The Balaban J connectivity index is 2.06. The molecule has 102 valence electrons. The highest BCUT2D eigenvalue weighted by Crippen LogP contribution is 2.35. The summed E-state index contributed by atoms with van der Waals surface area (Å²) in [6.07, 6.45) is 4.38. The summed E-state index contributed by atoms with van der Waals surface area (Å²) in [5.41, 5.74) is 5.79. The van der Waals surface area contributed by atoms with Gasteiger partial charge in [0.1, 0.15) is 0 Å². The molecule has 1 saturated carbocycles.